The van der Waals surface area contributed by atoms with Crippen LogP contribution in [0.3, 0.4) is 0 Å². The summed E-state index contributed by atoms with van der Waals surface area (Å²) < 4.78 is 35.4. The summed E-state index contributed by atoms with van der Waals surface area (Å²) >= 11 is 6.31. The predicted octanol–water partition coefficient (Wildman–Crippen LogP) is 5.45. The van der Waals surface area contributed by atoms with Crippen molar-refractivity contribution in [1.82, 2.24) is 8.87 Å². The van der Waals surface area contributed by atoms with Crippen molar-refractivity contribution in [2.75, 3.05) is 27.2 Å². The summed E-state index contributed by atoms with van der Waals surface area (Å²) in [5.74, 6) is 0.506. The van der Waals surface area contributed by atoms with Gasteiger partial charge in [0.05, 0.1) is 10.4 Å². The maximum absolute atomic E-state index is 13.9. The number of aryl methyl sites for hydroxylation is 1. The second kappa shape index (κ2) is 8.98. The van der Waals surface area contributed by atoms with Crippen LogP contribution in [0.4, 0.5) is 0 Å². The summed E-state index contributed by atoms with van der Waals surface area (Å²) in [4.78, 5) is 2.23. The molecule has 0 aliphatic carbocycles. The maximum atomic E-state index is 13.9. The van der Waals surface area contributed by atoms with Gasteiger partial charge < -0.3 is 9.64 Å². The molecular formula is C25H25ClN2O3S. The first-order valence-corrected chi connectivity index (χ1v) is 12.1. The number of hydrogen-bond acceptors (Lipinski definition) is 4. The Morgan fingerprint density at radius 3 is 2.31 bits per heavy atom. The first-order chi connectivity index (χ1) is 15.3. The monoisotopic (exact) mass is 468 g/mol. The number of benzene rings is 3. The van der Waals surface area contributed by atoms with Crippen molar-refractivity contribution in [3.8, 4) is 17.0 Å². The summed E-state index contributed by atoms with van der Waals surface area (Å²) in [5, 5.41) is 1.17. The standard InChI is InChI=1S/C25H25ClN2O3S/c1-18-9-12-21(13-10-18)32(29,30)28-23-14-11-20(26)17-22(23)25(31-16-15-27(2)3)24(28)19-7-5-4-6-8-19/h4-14,17H,15-16H2,1-3H3. The maximum Gasteiger partial charge on any atom is 0.268 e. The van der Waals surface area contributed by atoms with Gasteiger partial charge in [-0.15, -0.1) is 0 Å². The fourth-order valence-corrected chi connectivity index (χ4v) is 5.30. The quantitative estimate of drug-likeness (QED) is 0.362. The molecule has 3 aromatic carbocycles. The van der Waals surface area contributed by atoms with Gasteiger partial charge in [-0.25, -0.2) is 12.4 Å². The molecule has 1 heterocycles. The second-order valence-electron chi connectivity index (χ2n) is 7.94. The van der Waals surface area contributed by atoms with Crippen molar-refractivity contribution >= 4 is 32.5 Å². The zero-order valence-corrected chi connectivity index (χ0v) is 19.8. The Labute approximate surface area is 193 Å². The van der Waals surface area contributed by atoms with Gasteiger partial charge >= 0.3 is 0 Å². The van der Waals surface area contributed by atoms with Crippen molar-refractivity contribution in [2.45, 2.75) is 11.8 Å². The van der Waals surface area contributed by atoms with Gasteiger partial charge in [-0.1, -0.05) is 59.6 Å². The first kappa shape index (κ1) is 22.4. The van der Waals surface area contributed by atoms with E-state index in [0.29, 0.717) is 40.5 Å². The minimum Gasteiger partial charge on any atom is -0.489 e. The van der Waals surface area contributed by atoms with Crippen molar-refractivity contribution in [3.05, 3.63) is 83.4 Å². The smallest absolute Gasteiger partial charge is 0.268 e. The van der Waals surface area contributed by atoms with Gasteiger partial charge in [-0.2, -0.15) is 0 Å². The molecule has 0 saturated carbocycles. The fraction of sp³-hybridized carbons (Fsp3) is 0.200. The van der Waals surface area contributed by atoms with Crippen LogP contribution in [0.5, 0.6) is 5.75 Å². The SMILES string of the molecule is Cc1ccc(S(=O)(=O)n2c(-c3ccccc3)c(OCCN(C)C)c3cc(Cl)ccc32)cc1. The Balaban J connectivity index is 2.04. The molecule has 0 atom stereocenters. The van der Waals surface area contributed by atoms with Gasteiger partial charge in [0.1, 0.15) is 12.3 Å². The Morgan fingerprint density at radius 2 is 1.66 bits per heavy atom. The molecule has 0 bridgehead atoms. The van der Waals surface area contributed by atoms with Crippen molar-refractivity contribution in [3.63, 3.8) is 0 Å². The minimum atomic E-state index is -3.91. The topological polar surface area (TPSA) is 51.5 Å². The van der Waals surface area contributed by atoms with E-state index in [0.717, 1.165) is 11.1 Å². The molecule has 0 saturated heterocycles. The molecule has 0 spiro atoms. The molecule has 0 N–H and O–H groups in total. The van der Waals surface area contributed by atoms with E-state index in [2.05, 4.69) is 0 Å². The van der Waals surface area contributed by atoms with Crippen LogP contribution in [0, 0.1) is 6.92 Å². The van der Waals surface area contributed by atoms with Crippen LogP contribution in [0.1, 0.15) is 5.56 Å². The van der Waals surface area contributed by atoms with E-state index < -0.39 is 10.0 Å². The lowest BCUT2D eigenvalue weighted by Gasteiger charge is -2.15. The highest BCUT2D eigenvalue weighted by molar-refractivity contribution is 7.90. The molecule has 4 rings (SSSR count). The van der Waals surface area contributed by atoms with Crippen LogP contribution in [0.2, 0.25) is 5.02 Å². The molecular weight excluding hydrogens is 444 g/mol. The molecule has 0 amide bonds. The molecule has 0 fully saturated rings. The van der Waals surface area contributed by atoms with E-state index in [-0.39, 0.29) is 4.90 Å². The molecule has 0 unspecified atom stereocenters. The van der Waals surface area contributed by atoms with E-state index in [1.807, 2.05) is 56.3 Å². The zero-order chi connectivity index (χ0) is 22.9. The molecule has 0 aliphatic heterocycles. The Bertz CT molecular complexity index is 1350. The highest BCUT2D eigenvalue weighted by atomic mass is 35.5. The number of aromatic nitrogens is 1. The molecule has 4 aromatic rings. The van der Waals surface area contributed by atoms with Gasteiger partial charge in [-0.3, -0.25) is 0 Å². The largest absolute Gasteiger partial charge is 0.489 e. The van der Waals surface area contributed by atoms with Crippen LogP contribution in [0.15, 0.2) is 77.7 Å². The number of rotatable bonds is 7. The van der Waals surface area contributed by atoms with E-state index in [4.69, 9.17) is 16.3 Å². The van der Waals surface area contributed by atoms with Gasteiger partial charge in [0.25, 0.3) is 10.0 Å². The van der Waals surface area contributed by atoms with Crippen LogP contribution in [0.25, 0.3) is 22.2 Å². The molecule has 32 heavy (non-hydrogen) atoms. The summed E-state index contributed by atoms with van der Waals surface area (Å²) in [5.41, 5.74) is 2.75. The Morgan fingerprint density at radius 1 is 0.969 bits per heavy atom. The number of halogens is 1. The lowest BCUT2D eigenvalue weighted by molar-refractivity contribution is 0.264. The van der Waals surface area contributed by atoms with E-state index in [1.54, 1.807) is 42.5 Å². The number of nitrogens with zero attached hydrogens (tertiary/aromatic N) is 2. The van der Waals surface area contributed by atoms with E-state index >= 15 is 0 Å². The first-order valence-electron chi connectivity index (χ1n) is 10.3. The third kappa shape index (κ3) is 4.26. The molecule has 1 aromatic heterocycles. The number of likely N-dealkylation sites (N-methyl/N-ethyl adjacent to an activating group) is 1. The average Bonchev–Trinajstić information content (AvgIpc) is 3.08. The van der Waals surface area contributed by atoms with Gasteiger partial charge in [0.15, 0.2) is 5.75 Å². The van der Waals surface area contributed by atoms with Gasteiger partial charge in [0, 0.05) is 22.5 Å². The predicted molar refractivity (Wildman–Crippen MR) is 130 cm³/mol. The van der Waals surface area contributed by atoms with Crippen LogP contribution in [-0.4, -0.2) is 44.5 Å². The van der Waals surface area contributed by atoms with Gasteiger partial charge in [0.2, 0.25) is 0 Å². The zero-order valence-electron chi connectivity index (χ0n) is 18.2. The van der Waals surface area contributed by atoms with E-state index in [1.165, 1.54) is 3.97 Å². The number of fused-ring (bicyclic) bond motifs is 1. The summed E-state index contributed by atoms with van der Waals surface area (Å²) in [6.07, 6.45) is 0. The summed E-state index contributed by atoms with van der Waals surface area (Å²) in [7, 11) is 0.0122. The third-order valence-corrected chi connectivity index (χ3v) is 7.19. The number of ether oxygens (including phenoxy) is 1. The summed E-state index contributed by atoms with van der Waals surface area (Å²) in [6, 6.07) is 21.5. The lowest BCUT2D eigenvalue weighted by Crippen LogP contribution is -2.19. The Kier molecular flexibility index (Phi) is 6.29. The lowest BCUT2D eigenvalue weighted by atomic mass is 10.1. The summed E-state index contributed by atoms with van der Waals surface area (Å²) in [6.45, 7) is 3.02. The Hall–Kier alpha value is -2.80. The molecule has 166 valence electrons. The molecule has 5 nitrogen and oxygen atoms in total. The van der Waals surface area contributed by atoms with E-state index in [9.17, 15) is 8.42 Å². The highest BCUT2D eigenvalue weighted by Gasteiger charge is 2.29. The normalized spacial score (nSPS) is 11.9. The molecule has 7 heteroatoms. The number of hydrogen-bond donors (Lipinski definition) is 0. The highest BCUT2D eigenvalue weighted by Crippen LogP contribution is 2.43. The van der Waals surface area contributed by atoms with Crippen LogP contribution in [-0.2, 0) is 10.0 Å². The van der Waals surface area contributed by atoms with Crippen molar-refractivity contribution < 1.29 is 13.2 Å². The fourth-order valence-electron chi connectivity index (χ4n) is 3.59. The third-order valence-electron chi connectivity index (χ3n) is 5.23. The van der Waals surface area contributed by atoms with Crippen molar-refractivity contribution in [1.29, 1.82) is 0 Å². The van der Waals surface area contributed by atoms with Gasteiger partial charge in [-0.05, 0) is 51.4 Å². The van der Waals surface area contributed by atoms with Crippen LogP contribution >= 0.6 is 11.6 Å². The minimum absolute atomic E-state index is 0.215. The van der Waals surface area contributed by atoms with Crippen LogP contribution < -0.4 is 4.74 Å². The van der Waals surface area contributed by atoms with Crippen molar-refractivity contribution in [2.24, 2.45) is 0 Å². The average molecular weight is 469 g/mol. The molecule has 0 radical (unpaired) electrons. The second-order valence-corrected chi connectivity index (χ2v) is 10.2. The molecule has 0 aliphatic rings.